The van der Waals surface area contributed by atoms with Gasteiger partial charge in [-0.25, -0.2) is 4.39 Å². The van der Waals surface area contributed by atoms with Crippen LogP contribution in [-0.4, -0.2) is 10.1 Å². The number of benzene rings is 1. The van der Waals surface area contributed by atoms with E-state index in [0.29, 0.717) is 36.5 Å². The van der Waals surface area contributed by atoms with Gasteiger partial charge in [0.2, 0.25) is 11.7 Å². The average Bonchev–Trinajstić information content (AvgIpc) is 2.78. The van der Waals surface area contributed by atoms with Gasteiger partial charge in [-0.05, 0) is 18.6 Å². The molecule has 2 aromatic rings. The standard InChI is InChI=1S/C12H10FN3O/c13-10-5-3-4-9(8-10)12-15-11(17-16-12)6-1-2-7-14/h3-5,8H,1-2,6H2. The molecule has 4 nitrogen and oxygen atoms in total. The minimum Gasteiger partial charge on any atom is -0.339 e. The molecule has 0 N–H and O–H groups in total. The van der Waals surface area contributed by atoms with Gasteiger partial charge in [-0.2, -0.15) is 10.2 Å². The molecule has 0 saturated carbocycles. The minimum atomic E-state index is -0.335. The fourth-order valence-electron chi connectivity index (χ4n) is 1.42. The van der Waals surface area contributed by atoms with Gasteiger partial charge in [0.15, 0.2) is 0 Å². The van der Waals surface area contributed by atoms with Crippen molar-refractivity contribution in [3.05, 3.63) is 36.0 Å². The summed E-state index contributed by atoms with van der Waals surface area (Å²) in [6.07, 6.45) is 1.70. The lowest BCUT2D eigenvalue weighted by Crippen LogP contribution is -1.86. The third-order valence-corrected chi connectivity index (χ3v) is 2.23. The molecule has 2 rings (SSSR count). The van der Waals surface area contributed by atoms with Crippen molar-refractivity contribution in [2.24, 2.45) is 0 Å². The summed E-state index contributed by atoms with van der Waals surface area (Å²) < 4.78 is 18.0. The van der Waals surface area contributed by atoms with Gasteiger partial charge >= 0.3 is 0 Å². The van der Waals surface area contributed by atoms with Crippen LogP contribution in [-0.2, 0) is 6.42 Å². The second-order valence-corrected chi connectivity index (χ2v) is 3.53. The second kappa shape index (κ2) is 5.21. The van der Waals surface area contributed by atoms with Crippen molar-refractivity contribution in [3.8, 4) is 17.5 Å². The molecule has 0 aliphatic rings. The van der Waals surface area contributed by atoms with Gasteiger partial charge in [0.1, 0.15) is 5.82 Å². The van der Waals surface area contributed by atoms with E-state index in [4.69, 9.17) is 9.78 Å². The Kier molecular flexibility index (Phi) is 3.46. The fraction of sp³-hybridized carbons (Fsp3) is 0.250. The van der Waals surface area contributed by atoms with Crippen molar-refractivity contribution >= 4 is 0 Å². The maximum absolute atomic E-state index is 13.0. The maximum atomic E-state index is 13.0. The van der Waals surface area contributed by atoms with E-state index in [2.05, 4.69) is 10.1 Å². The van der Waals surface area contributed by atoms with Crippen molar-refractivity contribution in [2.75, 3.05) is 0 Å². The van der Waals surface area contributed by atoms with E-state index in [1.807, 2.05) is 6.07 Å². The second-order valence-electron chi connectivity index (χ2n) is 3.53. The molecule has 17 heavy (non-hydrogen) atoms. The fourth-order valence-corrected chi connectivity index (χ4v) is 1.42. The highest BCUT2D eigenvalue weighted by Gasteiger charge is 2.08. The summed E-state index contributed by atoms with van der Waals surface area (Å²) in [5.74, 6) is 0.509. The number of unbranched alkanes of at least 4 members (excludes halogenated alkanes) is 1. The van der Waals surface area contributed by atoms with E-state index in [0.717, 1.165) is 0 Å². The lowest BCUT2D eigenvalue weighted by molar-refractivity contribution is 0.376. The number of halogens is 1. The molecule has 0 atom stereocenters. The molecule has 0 spiro atoms. The SMILES string of the molecule is N#CCCCc1nc(-c2cccc(F)c2)no1. The molecule has 0 aliphatic carbocycles. The molecule has 0 radical (unpaired) electrons. The number of aryl methyl sites for hydroxylation is 1. The van der Waals surface area contributed by atoms with Gasteiger partial charge in [-0.3, -0.25) is 0 Å². The number of rotatable bonds is 4. The van der Waals surface area contributed by atoms with Gasteiger partial charge in [0.05, 0.1) is 6.07 Å². The number of nitrogens with zero attached hydrogens (tertiary/aromatic N) is 3. The van der Waals surface area contributed by atoms with Crippen molar-refractivity contribution < 1.29 is 8.91 Å². The molecular weight excluding hydrogens is 221 g/mol. The molecule has 0 aliphatic heterocycles. The number of aromatic nitrogens is 2. The van der Waals surface area contributed by atoms with Gasteiger partial charge in [-0.1, -0.05) is 17.3 Å². The van der Waals surface area contributed by atoms with E-state index in [1.165, 1.54) is 12.1 Å². The Morgan fingerprint density at radius 2 is 2.29 bits per heavy atom. The van der Waals surface area contributed by atoms with Crippen LogP contribution in [0.1, 0.15) is 18.7 Å². The Labute approximate surface area is 97.7 Å². The zero-order valence-corrected chi connectivity index (χ0v) is 9.06. The van der Waals surface area contributed by atoms with Crippen molar-refractivity contribution in [1.29, 1.82) is 5.26 Å². The van der Waals surface area contributed by atoms with Gasteiger partial charge < -0.3 is 4.52 Å². The Hall–Kier alpha value is -2.22. The Morgan fingerprint density at radius 1 is 1.41 bits per heavy atom. The maximum Gasteiger partial charge on any atom is 0.226 e. The summed E-state index contributed by atoms with van der Waals surface area (Å²) in [7, 11) is 0. The van der Waals surface area contributed by atoms with Crippen LogP contribution in [0, 0.1) is 17.1 Å². The monoisotopic (exact) mass is 231 g/mol. The third kappa shape index (κ3) is 2.88. The van der Waals surface area contributed by atoms with Crippen LogP contribution in [0.15, 0.2) is 28.8 Å². The molecule has 5 heteroatoms. The van der Waals surface area contributed by atoms with Crippen molar-refractivity contribution in [1.82, 2.24) is 10.1 Å². The predicted octanol–water partition coefficient (Wildman–Crippen LogP) is 2.72. The molecule has 0 saturated heterocycles. The van der Waals surface area contributed by atoms with Crippen LogP contribution in [0.2, 0.25) is 0 Å². The van der Waals surface area contributed by atoms with Crippen molar-refractivity contribution in [3.63, 3.8) is 0 Å². The number of hydrogen-bond donors (Lipinski definition) is 0. The largest absolute Gasteiger partial charge is 0.339 e. The van der Waals surface area contributed by atoms with Crippen LogP contribution in [0.5, 0.6) is 0 Å². The first-order chi connectivity index (χ1) is 8.29. The van der Waals surface area contributed by atoms with E-state index in [-0.39, 0.29) is 5.82 Å². The quantitative estimate of drug-likeness (QED) is 0.759. The summed E-state index contributed by atoms with van der Waals surface area (Å²) in [5.41, 5.74) is 0.584. The topological polar surface area (TPSA) is 62.7 Å². The smallest absolute Gasteiger partial charge is 0.226 e. The Balaban J connectivity index is 2.10. The highest BCUT2D eigenvalue weighted by atomic mass is 19.1. The van der Waals surface area contributed by atoms with Crippen molar-refractivity contribution in [2.45, 2.75) is 19.3 Å². The minimum absolute atomic E-state index is 0.335. The van der Waals surface area contributed by atoms with E-state index in [9.17, 15) is 4.39 Å². The Morgan fingerprint density at radius 3 is 3.06 bits per heavy atom. The summed E-state index contributed by atoms with van der Waals surface area (Å²) in [5, 5.41) is 12.2. The van der Waals surface area contributed by atoms with E-state index >= 15 is 0 Å². The highest BCUT2D eigenvalue weighted by Crippen LogP contribution is 2.17. The summed E-state index contributed by atoms with van der Waals surface area (Å²) in [6.45, 7) is 0. The first-order valence-corrected chi connectivity index (χ1v) is 5.25. The average molecular weight is 231 g/mol. The molecule has 0 unspecified atom stereocenters. The summed E-state index contributed by atoms with van der Waals surface area (Å²) in [4.78, 5) is 4.14. The van der Waals surface area contributed by atoms with Gasteiger partial charge in [0.25, 0.3) is 0 Å². The summed E-state index contributed by atoms with van der Waals surface area (Å²) >= 11 is 0. The van der Waals surface area contributed by atoms with Crippen LogP contribution in [0.4, 0.5) is 4.39 Å². The first-order valence-electron chi connectivity index (χ1n) is 5.25. The lowest BCUT2D eigenvalue weighted by Gasteiger charge is -1.92. The van der Waals surface area contributed by atoms with Gasteiger partial charge in [-0.15, -0.1) is 0 Å². The summed E-state index contributed by atoms with van der Waals surface area (Å²) in [6, 6.07) is 8.06. The molecule has 1 heterocycles. The highest BCUT2D eigenvalue weighted by molar-refractivity contribution is 5.53. The molecule has 86 valence electrons. The first kappa shape index (κ1) is 11.3. The third-order valence-electron chi connectivity index (χ3n) is 2.23. The van der Waals surface area contributed by atoms with Crippen LogP contribution >= 0.6 is 0 Å². The molecule has 1 aromatic carbocycles. The molecular formula is C12H10FN3O. The molecule has 0 bridgehead atoms. The van der Waals surface area contributed by atoms with E-state index in [1.54, 1.807) is 12.1 Å². The predicted molar refractivity (Wildman–Crippen MR) is 58.2 cm³/mol. The normalized spacial score (nSPS) is 10.1. The van der Waals surface area contributed by atoms with Gasteiger partial charge in [0, 0.05) is 18.4 Å². The zero-order chi connectivity index (χ0) is 12.1. The molecule has 0 fully saturated rings. The molecule has 1 aromatic heterocycles. The van der Waals surface area contributed by atoms with E-state index < -0.39 is 0 Å². The van der Waals surface area contributed by atoms with Crippen LogP contribution in [0.25, 0.3) is 11.4 Å². The lowest BCUT2D eigenvalue weighted by atomic mass is 10.2. The van der Waals surface area contributed by atoms with Crippen LogP contribution in [0.3, 0.4) is 0 Å². The molecule has 0 amide bonds. The van der Waals surface area contributed by atoms with Crippen LogP contribution < -0.4 is 0 Å². The number of hydrogen-bond acceptors (Lipinski definition) is 4. The Bertz CT molecular complexity index is 545. The number of nitriles is 1. The zero-order valence-electron chi connectivity index (χ0n) is 9.06.